The first kappa shape index (κ1) is 16.1. The SMILES string of the molecule is CCN1CCN(CCCCn2c(=O)cnc3ccccc32)CC1. The van der Waals surface area contributed by atoms with Gasteiger partial charge in [0.25, 0.3) is 5.56 Å². The summed E-state index contributed by atoms with van der Waals surface area (Å²) in [7, 11) is 0. The Morgan fingerprint density at radius 3 is 2.48 bits per heavy atom. The van der Waals surface area contributed by atoms with Crippen LogP contribution in [-0.2, 0) is 6.54 Å². The molecule has 0 radical (unpaired) electrons. The average Bonchev–Trinajstić information content (AvgIpc) is 2.60. The van der Waals surface area contributed by atoms with Crippen molar-refractivity contribution in [2.45, 2.75) is 26.3 Å². The summed E-state index contributed by atoms with van der Waals surface area (Å²) in [4.78, 5) is 21.3. The van der Waals surface area contributed by atoms with Crippen molar-refractivity contribution in [1.82, 2.24) is 19.4 Å². The molecular formula is C18H26N4O. The quantitative estimate of drug-likeness (QED) is 0.763. The fourth-order valence-electron chi connectivity index (χ4n) is 3.28. The largest absolute Gasteiger partial charge is 0.305 e. The maximum atomic E-state index is 12.1. The third kappa shape index (κ3) is 3.98. The number of piperazine rings is 1. The summed E-state index contributed by atoms with van der Waals surface area (Å²) in [5, 5.41) is 0. The van der Waals surface area contributed by atoms with Gasteiger partial charge in [-0.05, 0) is 38.1 Å². The zero-order valence-electron chi connectivity index (χ0n) is 13.9. The second-order valence-electron chi connectivity index (χ2n) is 6.22. The molecule has 1 aromatic carbocycles. The lowest BCUT2D eigenvalue weighted by atomic mass is 10.2. The van der Waals surface area contributed by atoms with Gasteiger partial charge in [-0.15, -0.1) is 0 Å². The fraction of sp³-hybridized carbons (Fsp3) is 0.556. The molecule has 2 aromatic rings. The lowest BCUT2D eigenvalue weighted by Crippen LogP contribution is -2.46. The van der Waals surface area contributed by atoms with Gasteiger partial charge in [0.1, 0.15) is 0 Å². The van der Waals surface area contributed by atoms with E-state index in [0.717, 1.165) is 43.5 Å². The molecule has 0 spiro atoms. The average molecular weight is 314 g/mol. The Balaban J connectivity index is 1.52. The minimum atomic E-state index is 0.000241. The molecular weight excluding hydrogens is 288 g/mol. The molecule has 2 heterocycles. The lowest BCUT2D eigenvalue weighted by Gasteiger charge is -2.34. The first-order valence-corrected chi connectivity index (χ1v) is 8.67. The summed E-state index contributed by atoms with van der Waals surface area (Å²) in [5.74, 6) is 0. The van der Waals surface area contributed by atoms with Crippen LogP contribution in [0.25, 0.3) is 11.0 Å². The van der Waals surface area contributed by atoms with Gasteiger partial charge in [-0.3, -0.25) is 4.79 Å². The minimum Gasteiger partial charge on any atom is -0.305 e. The van der Waals surface area contributed by atoms with E-state index in [0.29, 0.717) is 0 Å². The molecule has 0 unspecified atom stereocenters. The van der Waals surface area contributed by atoms with Crippen molar-refractivity contribution in [3.05, 3.63) is 40.8 Å². The van der Waals surface area contributed by atoms with E-state index in [1.54, 1.807) is 0 Å². The topological polar surface area (TPSA) is 41.4 Å². The van der Waals surface area contributed by atoms with Gasteiger partial charge in [-0.2, -0.15) is 0 Å². The smallest absolute Gasteiger partial charge is 0.269 e. The number of rotatable bonds is 6. The van der Waals surface area contributed by atoms with Crippen LogP contribution in [0.4, 0.5) is 0 Å². The highest BCUT2D eigenvalue weighted by atomic mass is 16.1. The summed E-state index contributed by atoms with van der Waals surface area (Å²) < 4.78 is 1.86. The Morgan fingerprint density at radius 1 is 1.00 bits per heavy atom. The van der Waals surface area contributed by atoms with Gasteiger partial charge in [-0.25, -0.2) is 4.98 Å². The predicted octanol–water partition coefficient (Wildman–Crippen LogP) is 1.81. The van der Waals surface area contributed by atoms with Crippen molar-refractivity contribution in [1.29, 1.82) is 0 Å². The summed E-state index contributed by atoms with van der Waals surface area (Å²) >= 11 is 0. The number of aryl methyl sites for hydroxylation is 1. The van der Waals surface area contributed by atoms with Gasteiger partial charge < -0.3 is 14.4 Å². The second-order valence-corrected chi connectivity index (χ2v) is 6.22. The predicted molar refractivity (Wildman–Crippen MR) is 93.8 cm³/mol. The number of hydrogen-bond donors (Lipinski definition) is 0. The number of aromatic nitrogens is 2. The Hall–Kier alpha value is -1.72. The maximum Gasteiger partial charge on any atom is 0.269 e. The van der Waals surface area contributed by atoms with Crippen molar-refractivity contribution in [3.8, 4) is 0 Å². The van der Waals surface area contributed by atoms with E-state index >= 15 is 0 Å². The van der Waals surface area contributed by atoms with E-state index in [9.17, 15) is 4.79 Å². The van der Waals surface area contributed by atoms with E-state index in [1.807, 2.05) is 28.8 Å². The highest BCUT2D eigenvalue weighted by molar-refractivity contribution is 5.74. The van der Waals surface area contributed by atoms with Gasteiger partial charge in [0.2, 0.25) is 0 Å². The van der Waals surface area contributed by atoms with Gasteiger partial charge in [0.15, 0.2) is 0 Å². The molecule has 0 aliphatic carbocycles. The Bertz CT molecular complexity index is 689. The highest BCUT2D eigenvalue weighted by Crippen LogP contribution is 2.10. The minimum absolute atomic E-state index is 0.000241. The van der Waals surface area contributed by atoms with Crippen molar-refractivity contribution in [3.63, 3.8) is 0 Å². The van der Waals surface area contributed by atoms with Crippen LogP contribution in [-0.4, -0.2) is 58.6 Å². The molecule has 1 fully saturated rings. The highest BCUT2D eigenvalue weighted by Gasteiger charge is 2.14. The van der Waals surface area contributed by atoms with Crippen LogP contribution in [0.1, 0.15) is 19.8 Å². The molecule has 23 heavy (non-hydrogen) atoms. The molecule has 1 aliphatic rings. The maximum absolute atomic E-state index is 12.1. The summed E-state index contributed by atoms with van der Waals surface area (Å²) in [6.45, 7) is 10.0. The van der Waals surface area contributed by atoms with Gasteiger partial charge >= 0.3 is 0 Å². The first-order valence-electron chi connectivity index (χ1n) is 8.67. The summed E-state index contributed by atoms with van der Waals surface area (Å²) in [6, 6.07) is 7.86. The number of benzene rings is 1. The Kier molecular flexibility index (Phi) is 5.41. The number of likely N-dealkylation sites (N-methyl/N-ethyl adjacent to an activating group) is 1. The van der Waals surface area contributed by atoms with Crippen LogP contribution >= 0.6 is 0 Å². The molecule has 0 atom stereocenters. The zero-order valence-corrected chi connectivity index (χ0v) is 13.9. The van der Waals surface area contributed by atoms with E-state index in [-0.39, 0.29) is 5.56 Å². The first-order chi connectivity index (χ1) is 11.3. The standard InChI is InChI=1S/C18H26N4O/c1-2-20-11-13-21(14-12-20)9-5-6-10-22-17-8-4-3-7-16(17)19-15-18(22)23/h3-4,7-8,15H,2,5-6,9-14H2,1H3. The summed E-state index contributed by atoms with van der Waals surface area (Å²) in [5.41, 5.74) is 1.83. The molecule has 0 amide bonds. The second kappa shape index (κ2) is 7.70. The van der Waals surface area contributed by atoms with Crippen LogP contribution in [0.5, 0.6) is 0 Å². The molecule has 1 aliphatic heterocycles. The zero-order chi connectivity index (χ0) is 16.1. The molecule has 0 bridgehead atoms. The lowest BCUT2D eigenvalue weighted by molar-refractivity contribution is 0.135. The van der Waals surface area contributed by atoms with Crippen LogP contribution < -0.4 is 5.56 Å². The van der Waals surface area contributed by atoms with Gasteiger partial charge in [-0.1, -0.05) is 19.1 Å². The van der Waals surface area contributed by atoms with E-state index < -0.39 is 0 Å². The van der Waals surface area contributed by atoms with Crippen LogP contribution in [0.15, 0.2) is 35.3 Å². The number of unbranched alkanes of at least 4 members (excludes halogenated alkanes) is 1. The normalized spacial score (nSPS) is 16.9. The molecule has 5 heteroatoms. The molecule has 3 rings (SSSR count). The van der Waals surface area contributed by atoms with E-state index in [4.69, 9.17) is 0 Å². The third-order valence-corrected chi connectivity index (χ3v) is 4.77. The van der Waals surface area contributed by atoms with Gasteiger partial charge in [0, 0.05) is 32.7 Å². The van der Waals surface area contributed by atoms with Crippen molar-refractivity contribution in [2.75, 3.05) is 39.3 Å². The van der Waals surface area contributed by atoms with E-state index in [1.165, 1.54) is 32.4 Å². The fourth-order valence-corrected chi connectivity index (χ4v) is 3.28. The van der Waals surface area contributed by atoms with Crippen LogP contribution in [0, 0.1) is 0 Å². The van der Waals surface area contributed by atoms with Crippen LogP contribution in [0.2, 0.25) is 0 Å². The third-order valence-electron chi connectivity index (χ3n) is 4.77. The number of nitrogens with zero attached hydrogens (tertiary/aromatic N) is 4. The van der Waals surface area contributed by atoms with E-state index in [2.05, 4.69) is 21.7 Å². The van der Waals surface area contributed by atoms with Crippen molar-refractivity contribution in [2.24, 2.45) is 0 Å². The Morgan fingerprint density at radius 2 is 1.70 bits per heavy atom. The van der Waals surface area contributed by atoms with Crippen molar-refractivity contribution < 1.29 is 0 Å². The number of hydrogen-bond acceptors (Lipinski definition) is 4. The van der Waals surface area contributed by atoms with Crippen LogP contribution in [0.3, 0.4) is 0 Å². The number of fused-ring (bicyclic) bond motifs is 1. The molecule has 124 valence electrons. The molecule has 5 nitrogen and oxygen atoms in total. The number of para-hydroxylation sites is 2. The Labute approximate surface area is 137 Å². The van der Waals surface area contributed by atoms with Crippen molar-refractivity contribution >= 4 is 11.0 Å². The van der Waals surface area contributed by atoms with Gasteiger partial charge in [0.05, 0.1) is 17.2 Å². The molecule has 0 N–H and O–H groups in total. The molecule has 1 saturated heterocycles. The molecule has 0 saturated carbocycles. The molecule has 1 aromatic heterocycles. The monoisotopic (exact) mass is 314 g/mol. The summed E-state index contributed by atoms with van der Waals surface area (Å²) in [6.07, 6.45) is 3.60.